The molecule has 4 fully saturated rings. The highest BCUT2D eigenvalue weighted by Gasteiger charge is 2.51. The fourth-order valence-electron chi connectivity index (χ4n) is 7.71. The SMILES string of the molecule is O=C(CC12CC3CC(CC(C3)C1)C2)Nc1cccc2nc(NCCCNCc3cccc(F)c3)ccc12. The van der Waals surface area contributed by atoms with E-state index in [1.54, 1.807) is 12.1 Å². The lowest BCUT2D eigenvalue weighted by Gasteiger charge is -2.56. The van der Waals surface area contributed by atoms with E-state index >= 15 is 0 Å². The van der Waals surface area contributed by atoms with E-state index in [0.717, 1.165) is 65.2 Å². The maximum atomic E-state index is 13.3. The van der Waals surface area contributed by atoms with Crippen LogP contribution >= 0.6 is 0 Å². The minimum Gasteiger partial charge on any atom is -0.370 e. The number of pyridine rings is 1. The summed E-state index contributed by atoms with van der Waals surface area (Å²) in [6.45, 7) is 2.27. The largest absolute Gasteiger partial charge is 0.370 e. The molecular weight excluding hydrogens is 463 g/mol. The first-order valence-electron chi connectivity index (χ1n) is 13.9. The van der Waals surface area contributed by atoms with Gasteiger partial charge < -0.3 is 16.0 Å². The molecule has 4 aliphatic carbocycles. The lowest BCUT2D eigenvalue weighted by atomic mass is 9.49. The van der Waals surface area contributed by atoms with Crippen molar-refractivity contribution in [3.05, 3.63) is 66.0 Å². The van der Waals surface area contributed by atoms with Crippen molar-refractivity contribution in [2.24, 2.45) is 23.2 Å². The van der Waals surface area contributed by atoms with E-state index in [-0.39, 0.29) is 17.1 Å². The molecule has 0 spiro atoms. The standard InChI is InChI=1S/C31H37FN4O/c32-25-5-1-4-21(15-25)20-33-10-3-11-34-29-9-8-26-27(35-29)6-2-7-28(26)36-30(37)19-31-16-22-12-23(17-31)14-24(13-22)18-31/h1-2,4-9,15,22-24,33H,3,10-14,16-20H2,(H,34,35)(H,36,37). The number of amides is 1. The highest BCUT2D eigenvalue weighted by Crippen LogP contribution is 2.61. The van der Waals surface area contributed by atoms with Crippen LogP contribution in [0.5, 0.6) is 0 Å². The fourth-order valence-corrected chi connectivity index (χ4v) is 7.71. The Kier molecular flexibility index (Phi) is 6.85. The van der Waals surface area contributed by atoms with E-state index in [9.17, 15) is 9.18 Å². The highest BCUT2D eigenvalue weighted by molar-refractivity contribution is 6.01. The molecule has 0 saturated heterocycles. The van der Waals surface area contributed by atoms with E-state index in [1.807, 2.05) is 36.4 Å². The van der Waals surface area contributed by atoms with E-state index in [1.165, 1.54) is 44.6 Å². The Labute approximate surface area is 218 Å². The van der Waals surface area contributed by atoms with E-state index in [0.29, 0.717) is 13.0 Å². The average Bonchev–Trinajstić information content (AvgIpc) is 2.85. The lowest BCUT2D eigenvalue weighted by molar-refractivity contribution is -0.124. The van der Waals surface area contributed by atoms with E-state index in [2.05, 4.69) is 16.0 Å². The Balaban J connectivity index is 1.01. The number of hydrogen-bond donors (Lipinski definition) is 3. The summed E-state index contributed by atoms with van der Waals surface area (Å²) in [5.74, 6) is 3.36. The minimum absolute atomic E-state index is 0.155. The molecule has 37 heavy (non-hydrogen) atoms. The van der Waals surface area contributed by atoms with Crippen LogP contribution in [0.15, 0.2) is 54.6 Å². The van der Waals surface area contributed by atoms with Gasteiger partial charge in [0, 0.05) is 24.9 Å². The second-order valence-electron chi connectivity index (χ2n) is 11.8. The van der Waals surface area contributed by atoms with Gasteiger partial charge in [-0.1, -0.05) is 18.2 Å². The molecule has 7 rings (SSSR count). The number of carbonyl (C=O) groups excluding carboxylic acids is 1. The van der Waals surface area contributed by atoms with Crippen molar-refractivity contribution < 1.29 is 9.18 Å². The lowest BCUT2D eigenvalue weighted by Crippen LogP contribution is -2.47. The normalized spacial score (nSPS) is 25.9. The fraction of sp³-hybridized carbons (Fsp3) is 0.484. The Morgan fingerprint density at radius 2 is 1.70 bits per heavy atom. The summed E-state index contributed by atoms with van der Waals surface area (Å²) in [7, 11) is 0. The predicted octanol–water partition coefficient (Wildman–Crippen LogP) is 6.51. The van der Waals surface area contributed by atoms with Crippen LogP contribution in [0.3, 0.4) is 0 Å². The number of fused-ring (bicyclic) bond motifs is 1. The third kappa shape index (κ3) is 5.64. The van der Waals surface area contributed by atoms with Gasteiger partial charge in [-0.3, -0.25) is 4.79 Å². The molecule has 5 nitrogen and oxygen atoms in total. The van der Waals surface area contributed by atoms with Crippen LogP contribution in [0.1, 0.15) is 56.9 Å². The number of rotatable bonds is 10. The topological polar surface area (TPSA) is 66.0 Å². The minimum atomic E-state index is -0.200. The third-order valence-electron chi connectivity index (χ3n) is 8.76. The van der Waals surface area contributed by atoms with Crippen molar-refractivity contribution in [3.8, 4) is 0 Å². The molecule has 0 radical (unpaired) electrons. The smallest absolute Gasteiger partial charge is 0.224 e. The number of hydrogen-bond acceptors (Lipinski definition) is 4. The summed E-state index contributed by atoms with van der Waals surface area (Å²) in [4.78, 5) is 17.9. The Morgan fingerprint density at radius 1 is 0.946 bits per heavy atom. The number of carbonyl (C=O) groups is 1. The first-order valence-corrected chi connectivity index (χ1v) is 13.9. The van der Waals surface area contributed by atoms with Gasteiger partial charge in [0.1, 0.15) is 11.6 Å². The van der Waals surface area contributed by atoms with Crippen LogP contribution in [0.25, 0.3) is 10.9 Å². The van der Waals surface area contributed by atoms with Crippen LogP contribution < -0.4 is 16.0 Å². The summed E-state index contributed by atoms with van der Waals surface area (Å²) in [5.41, 5.74) is 2.92. The quantitative estimate of drug-likeness (QED) is 0.278. The molecule has 0 aliphatic heterocycles. The van der Waals surface area contributed by atoms with Crippen molar-refractivity contribution in [2.75, 3.05) is 23.7 Å². The zero-order valence-electron chi connectivity index (χ0n) is 21.4. The molecule has 1 aromatic heterocycles. The molecule has 4 saturated carbocycles. The first kappa shape index (κ1) is 24.4. The summed E-state index contributed by atoms with van der Waals surface area (Å²) >= 11 is 0. The number of benzene rings is 2. The van der Waals surface area contributed by atoms with Crippen LogP contribution in [0, 0.1) is 29.0 Å². The third-order valence-corrected chi connectivity index (χ3v) is 8.76. The van der Waals surface area contributed by atoms with Gasteiger partial charge in [-0.25, -0.2) is 9.37 Å². The summed E-state index contributed by atoms with van der Waals surface area (Å²) in [6.07, 6.45) is 9.53. The molecule has 4 aliphatic rings. The number of halogens is 1. The Bertz CT molecular complexity index is 1240. The van der Waals surface area contributed by atoms with Gasteiger partial charge in [-0.15, -0.1) is 0 Å². The number of aromatic nitrogens is 1. The second-order valence-corrected chi connectivity index (χ2v) is 11.8. The number of anilines is 2. The zero-order valence-corrected chi connectivity index (χ0v) is 21.4. The van der Waals surface area contributed by atoms with Crippen LogP contribution in [0.2, 0.25) is 0 Å². The van der Waals surface area contributed by atoms with Gasteiger partial charge in [0.15, 0.2) is 0 Å². The summed E-state index contributed by atoms with van der Waals surface area (Å²) in [6, 6.07) is 16.7. The maximum Gasteiger partial charge on any atom is 0.224 e. The molecule has 194 valence electrons. The Morgan fingerprint density at radius 3 is 2.46 bits per heavy atom. The molecule has 6 heteroatoms. The van der Waals surface area contributed by atoms with Gasteiger partial charge in [0.05, 0.1) is 11.2 Å². The molecule has 0 unspecified atom stereocenters. The highest BCUT2D eigenvalue weighted by atomic mass is 19.1. The van der Waals surface area contributed by atoms with E-state index in [4.69, 9.17) is 4.98 Å². The molecule has 2 aromatic carbocycles. The molecule has 3 aromatic rings. The number of nitrogens with one attached hydrogen (secondary N) is 3. The molecule has 1 amide bonds. The molecule has 1 heterocycles. The second kappa shape index (κ2) is 10.4. The van der Waals surface area contributed by atoms with Crippen molar-refractivity contribution >= 4 is 28.3 Å². The van der Waals surface area contributed by atoms with Gasteiger partial charge in [0.2, 0.25) is 5.91 Å². The molecule has 3 N–H and O–H groups in total. The van der Waals surface area contributed by atoms with Gasteiger partial charge in [0.25, 0.3) is 0 Å². The van der Waals surface area contributed by atoms with Crippen molar-refractivity contribution in [3.63, 3.8) is 0 Å². The van der Waals surface area contributed by atoms with Crippen molar-refractivity contribution in [2.45, 2.75) is 57.9 Å². The van der Waals surface area contributed by atoms with Crippen LogP contribution in [-0.2, 0) is 11.3 Å². The predicted molar refractivity (Wildman–Crippen MR) is 147 cm³/mol. The maximum absolute atomic E-state index is 13.3. The molecular formula is C31H37FN4O. The van der Waals surface area contributed by atoms with E-state index < -0.39 is 0 Å². The van der Waals surface area contributed by atoms with Gasteiger partial charge >= 0.3 is 0 Å². The van der Waals surface area contributed by atoms with Crippen molar-refractivity contribution in [1.82, 2.24) is 10.3 Å². The van der Waals surface area contributed by atoms with Crippen LogP contribution in [-0.4, -0.2) is 24.0 Å². The monoisotopic (exact) mass is 500 g/mol. The molecule has 0 atom stereocenters. The van der Waals surface area contributed by atoms with Crippen molar-refractivity contribution in [1.29, 1.82) is 0 Å². The average molecular weight is 501 g/mol. The zero-order chi connectivity index (χ0) is 25.2. The summed E-state index contributed by atoms with van der Waals surface area (Å²) in [5, 5.41) is 10.9. The Hall–Kier alpha value is -2.99. The number of nitrogens with zero attached hydrogens (tertiary/aromatic N) is 1. The van der Waals surface area contributed by atoms with Crippen LogP contribution in [0.4, 0.5) is 15.9 Å². The van der Waals surface area contributed by atoms with Gasteiger partial charge in [-0.05, 0) is 117 Å². The first-order chi connectivity index (χ1) is 18.0. The molecule has 4 bridgehead atoms. The van der Waals surface area contributed by atoms with Gasteiger partial charge in [-0.2, -0.15) is 0 Å². The summed E-state index contributed by atoms with van der Waals surface area (Å²) < 4.78 is 13.3.